The number of nitro groups is 1. The number of nitrogens with zero attached hydrogens (tertiary/aromatic N) is 3. The minimum Gasteiger partial charge on any atom is -0.264 e. The minimum absolute atomic E-state index is 0.0781. The number of aryl methyl sites for hydroxylation is 2. The average Bonchev–Trinajstić information content (AvgIpc) is 2.42. The molecule has 7 nitrogen and oxygen atoms in total. The molecule has 0 fully saturated rings. The van der Waals surface area contributed by atoms with Crippen molar-refractivity contribution in [2.24, 2.45) is 0 Å². The van der Waals surface area contributed by atoms with E-state index in [0.717, 1.165) is 6.26 Å². The lowest BCUT2D eigenvalue weighted by atomic mass is 10.4. The van der Waals surface area contributed by atoms with Crippen LogP contribution in [0.15, 0.2) is 6.20 Å². The molecule has 0 saturated heterocycles. The van der Waals surface area contributed by atoms with Gasteiger partial charge in [-0.1, -0.05) is 0 Å². The zero-order chi connectivity index (χ0) is 11.6. The summed E-state index contributed by atoms with van der Waals surface area (Å²) in [4.78, 5) is 9.93. The summed E-state index contributed by atoms with van der Waals surface area (Å²) >= 11 is 0. The van der Waals surface area contributed by atoms with E-state index in [4.69, 9.17) is 0 Å². The number of sulfone groups is 1. The lowest BCUT2D eigenvalue weighted by Crippen LogP contribution is -2.11. The van der Waals surface area contributed by atoms with Crippen LogP contribution in [0.1, 0.15) is 5.69 Å². The van der Waals surface area contributed by atoms with Gasteiger partial charge >= 0.3 is 5.69 Å². The van der Waals surface area contributed by atoms with E-state index in [-0.39, 0.29) is 23.7 Å². The van der Waals surface area contributed by atoms with Crippen LogP contribution in [0.5, 0.6) is 0 Å². The molecule has 0 saturated carbocycles. The summed E-state index contributed by atoms with van der Waals surface area (Å²) in [5.74, 6) is -0.0781. The SMILES string of the molecule is Cc1nn(CCS(C)(=O)=O)cc1[N+](=O)[O-]. The van der Waals surface area contributed by atoms with Crippen molar-refractivity contribution in [3.63, 3.8) is 0 Å². The Bertz CT molecular complexity index is 476. The van der Waals surface area contributed by atoms with E-state index < -0.39 is 14.8 Å². The molecule has 1 rings (SSSR count). The Morgan fingerprint density at radius 3 is 2.60 bits per heavy atom. The Hall–Kier alpha value is -1.44. The topological polar surface area (TPSA) is 95.1 Å². The van der Waals surface area contributed by atoms with Crippen LogP contribution in [-0.2, 0) is 16.4 Å². The van der Waals surface area contributed by atoms with Gasteiger partial charge in [-0.2, -0.15) is 5.10 Å². The molecule has 1 aromatic heterocycles. The molecule has 84 valence electrons. The minimum atomic E-state index is -3.08. The molecule has 0 bridgehead atoms. The van der Waals surface area contributed by atoms with Crippen molar-refractivity contribution in [3.8, 4) is 0 Å². The fourth-order valence-electron chi connectivity index (χ4n) is 1.06. The van der Waals surface area contributed by atoms with Gasteiger partial charge in [-0.3, -0.25) is 14.8 Å². The molecule has 0 atom stereocenters. The average molecular weight is 233 g/mol. The van der Waals surface area contributed by atoms with Crippen LogP contribution in [0.4, 0.5) is 5.69 Å². The Kier molecular flexibility index (Phi) is 3.08. The van der Waals surface area contributed by atoms with Gasteiger partial charge in [0.05, 0.1) is 17.2 Å². The molecule has 0 aromatic carbocycles. The molecule has 15 heavy (non-hydrogen) atoms. The molecule has 0 amide bonds. The van der Waals surface area contributed by atoms with Crippen LogP contribution in [0.2, 0.25) is 0 Å². The number of aromatic nitrogens is 2. The van der Waals surface area contributed by atoms with Gasteiger partial charge in [0, 0.05) is 6.26 Å². The van der Waals surface area contributed by atoms with E-state index in [2.05, 4.69) is 5.10 Å². The summed E-state index contributed by atoms with van der Waals surface area (Å²) in [5, 5.41) is 14.3. The second kappa shape index (κ2) is 3.97. The first-order chi connectivity index (χ1) is 6.79. The van der Waals surface area contributed by atoms with E-state index in [1.54, 1.807) is 0 Å². The van der Waals surface area contributed by atoms with Crippen molar-refractivity contribution in [3.05, 3.63) is 22.0 Å². The number of rotatable bonds is 4. The quantitative estimate of drug-likeness (QED) is 0.544. The van der Waals surface area contributed by atoms with Gasteiger partial charge in [0.1, 0.15) is 21.7 Å². The number of hydrogen-bond donors (Lipinski definition) is 0. The van der Waals surface area contributed by atoms with Crippen LogP contribution in [0.25, 0.3) is 0 Å². The van der Waals surface area contributed by atoms with E-state index in [1.807, 2.05) is 0 Å². The Balaban J connectivity index is 2.81. The van der Waals surface area contributed by atoms with Crippen molar-refractivity contribution < 1.29 is 13.3 Å². The molecule has 0 spiro atoms. The zero-order valence-electron chi connectivity index (χ0n) is 8.37. The Labute approximate surface area is 86.8 Å². The van der Waals surface area contributed by atoms with Gasteiger partial charge in [0.2, 0.25) is 0 Å². The first-order valence-electron chi connectivity index (χ1n) is 4.16. The molecule has 1 aromatic rings. The van der Waals surface area contributed by atoms with Crippen LogP contribution >= 0.6 is 0 Å². The van der Waals surface area contributed by atoms with Crippen LogP contribution in [0.3, 0.4) is 0 Å². The first-order valence-corrected chi connectivity index (χ1v) is 6.22. The maximum atomic E-state index is 10.9. The Morgan fingerprint density at radius 2 is 2.20 bits per heavy atom. The summed E-state index contributed by atoms with van der Waals surface area (Å²) in [7, 11) is -3.08. The molecule has 0 unspecified atom stereocenters. The smallest absolute Gasteiger partial charge is 0.264 e. The largest absolute Gasteiger partial charge is 0.309 e. The normalized spacial score (nSPS) is 11.6. The summed E-state index contributed by atoms with van der Waals surface area (Å²) < 4.78 is 23.0. The number of hydrogen-bond acceptors (Lipinski definition) is 5. The van der Waals surface area contributed by atoms with Crippen molar-refractivity contribution in [1.82, 2.24) is 9.78 Å². The molecular weight excluding hydrogens is 222 g/mol. The second-order valence-corrected chi connectivity index (χ2v) is 5.51. The fraction of sp³-hybridized carbons (Fsp3) is 0.571. The molecule has 0 aliphatic carbocycles. The lowest BCUT2D eigenvalue weighted by molar-refractivity contribution is -0.385. The van der Waals surface area contributed by atoms with Crippen LogP contribution < -0.4 is 0 Å². The molecule has 0 N–H and O–H groups in total. The molecule has 8 heteroatoms. The van der Waals surface area contributed by atoms with Crippen molar-refractivity contribution >= 4 is 15.5 Å². The van der Waals surface area contributed by atoms with Crippen LogP contribution in [0, 0.1) is 17.0 Å². The van der Waals surface area contributed by atoms with Gasteiger partial charge in [-0.15, -0.1) is 0 Å². The molecule has 0 radical (unpaired) electrons. The molecule has 0 aliphatic heterocycles. The summed E-state index contributed by atoms with van der Waals surface area (Å²) in [6, 6.07) is 0. The van der Waals surface area contributed by atoms with Crippen molar-refractivity contribution in [2.45, 2.75) is 13.5 Å². The third kappa shape index (κ3) is 3.31. The fourth-order valence-corrected chi connectivity index (χ4v) is 1.58. The highest BCUT2D eigenvalue weighted by molar-refractivity contribution is 7.90. The van der Waals surface area contributed by atoms with Gasteiger partial charge in [-0.05, 0) is 6.92 Å². The van der Waals surface area contributed by atoms with Gasteiger partial charge in [0.25, 0.3) is 0 Å². The summed E-state index contributed by atoms with van der Waals surface area (Å²) in [6.45, 7) is 1.64. The maximum absolute atomic E-state index is 10.9. The second-order valence-electron chi connectivity index (χ2n) is 3.25. The predicted octanol–water partition coefficient (Wildman–Crippen LogP) is 0.144. The van der Waals surface area contributed by atoms with E-state index in [9.17, 15) is 18.5 Å². The van der Waals surface area contributed by atoms with E-state index in [0.29, 0.717) is 0 Å². The Morgan fingerprint density at radius 1 is 1.60 bits per heavy atom. The van der Waals surface area contributed by atoms with Gasteiger partial charge in [0.15, 0.2) is 0 Å². The van der Waals surface area contributed by atoms with Gasteiger partial charge in [-0.25, -0.2) is 8.42 Å². The monoisotopic (exact) mass is 233 g/mol. The maximum Gasteiger partial charge on any atom is 0.309 e. The third-order valence-corrected chi connectivity index (χ3v) is 2.73. The van der Waals surface area contributed by atoms with Gasteiger partial charge < -0.3 is 0 Å². The third-order valence-electron chi connectivity index (χ3n) is 1.81. The standard InChI is InChI=1S/C7H11N3O4S/c1-6-7(10(11)12)5-9(8-6)3-4-15(2,13)14/h5H,3-4H2,1-2H3. The predicted molar refractivity (Wildman–Crippen MR) is 53.3 cm³/mol. The van der Waals surface area contributed by atoms with Crippen molar-refractivity contribution in [2.75, 3.05) is 12.0 Å². The highest BCUT2D eigenvalue weighted by atomic mass is 32.2. The van der Waals surface area contributed by atoms with Crippen molar-refractivity contribution in [1.29, 1.82) is 0 Å². The molecule has 0 aliphatic rings. The van der Waals surface area contributed by atoms with Crippen LogP contribution in [-0.4, -0.2) is 35.1 Å². The summed E-state index contributed by atoms with van der Waals surface area (Å²) in [5.41, 5.74) is 0.192. The molecular formula is C7H11N3O4S. The highest BCUT2D eigenvalue weighted by Crippen LogP contribution is 2.14. The highest BCUT2D eigenvalue weighted by Gasteiger charge is 2.15. The van der Waals surface area contributed by atoms with E-state index >= 15 is 0 Å². The zero-order valence-corrected chi connectivity index (χ0v) is 9.19. The lowest BCUT2D eigenvalue weighted by Gasteiger charge is -1.97. The summed E-state index contributed by atoms with van der Waals surface area (Å²) in [6.07, 6.45) is 2.35. The van der Waals surface area contributed by atoms with E-state index in [1.165, 1.54) is 17.8 Å². The first kappa shape index (κ1) is 11.6. The molecule has 1 heterocycles.